The Morgan fingerprint density at radius 1 is 1.53 bits per heavy atom. The van der Waals surface area contributed by atoms with Gasteiger partial charge < -0.3 is 10.6 Å². The second-order valence-corrected chi connectivity index (χ2v) is 6.08. The molecule has 1 unspecified atom stereocenters. The average molecular weight is 344 g/mol. The molecule has 2 heterocycles. The van der Waals surface area contributed by atoms with Crippen LogP contribution < -0.4 is 10.6 Å². The molecule has 1 fully saturated rings. The summed E-state index contributed by atoms with van der Waals surface area (Å²) in [6.07, 6.45) is 3.21. The molecule has 1 atom stereocenters. The first-order valence-electron chi connectivity index (χ1n) is 5.81. The van der Waals surface area contributed by atoms with E-state index in [2.05, 4.69) is 15.6 Å². The lowest BCUT2D eigenvalue weighted by molar-refractivity contribution is -0.121. The van der Waals surface area contributed by atoms with Crippen molar-refractivity contribution >= 4 is 53.8 Å². The molecule has 19 heavy (non-hydrogen) atoms. The molecule has 0 spiro atoms. The zero-order valence-electron chi connectivity index (χ0n) is 10.5. The second kappa shape index (κ2) is 10.7. The van der Waals surface area contributed by atoms with Gasteiger partial charge in [-0.1, -0.05) is 0 Å². The van der Waals surface area contributed by atoms with E-state index in [0.29, 0.717) is 19.0 Å². The fraction of sp³-hybridized carbons (Fsp3) is 0.636. The van der Waals surface area contributed by atoms with E-state index in [1.807, 2.05) is 17.1 Å². The summed E-state index contributed by atoms with van der Waals surface area (Å²) >= 11 is 3.55. The molecular formula is C11H19Cl2N3OS2. The maximum atomic E-state index is 11.7. The van der Waals surface area contributed by atoms with Gasteiger partial charge in [-0.25, -0.2) is 4.98 Å². The Labute approximate surface area is 134 Å². The highest BCUT2D eigenvalue weighted by Crippen LogP contribution is 2.10. The molecule has 1 aliphatic rings. The van der Waals surface area contributed by atoms with Crippen LogP contribution in [-0.4, -0.2) is 41.5 Å². The highest BCUT2D eigenvalue weighted by atomic mass is 35.5. The number of thioether (sulfide) groups is 1. The first kappa shape index (κ1) is 19.0. The molecule has 0 radical (unpaired) electrons. The van der Waals surface area contributed by atoms with E-state index >= 15 is 0 Å². The number of nitrogens with zero attached hydrogens (tertiary/aromatic N) is 1. The number of hydrogen-bond donors (Lipinski definition) is 2. The number of hydrogen-bond acceptors (Lipinski definition) is 5. The van der Waals surface area contributed by atoms with Gasteiger partial charge in [0.05, 0.1) is 5.01 Å². The van der Waals surface area contributed by atoms with Crippen molar-refractivity contribution in [1.82, 2.24) is 15.6 Å². The quantitative estimate of drug-likeness (QED) is 0.854. The van der Waals surface area contributed by atoms with Crippen molar-refractivity contribution in [2.45, 2.75) is 18.9 Å². The summed E-state index contributed by atoms with van der Waals surface area (Å²) in [5.41, 5.74) is 0. The number of rotatable bonds is 5. The highest BCUT2D eigenvalue weighted by molar-refractivity contribution is 7.99. The van der Waals surface area contributed by atoms with Gasteiger partial charge in [0.2, 0.25) is 5.91 Å². The molecule has 8 heteroatoms. The lowest BCUT2D eigenvalue weighted by atomic mass is 10.2. The predicted molar refractivity (Wildman–Crippen MR) is 87.1 cm³/mol. The third-order valence-electron chi connectivity index (χ3n) is 2.57. The topological polar surface area (TPSA) is 54.0 Å². The fourth-order valence-electron chi connectivity index (χ4n) is 1.73. The summed E-state index contributed by atoms with van der Waals surface area (Å²) in [5, 5.41) is 9.35. The van der Waals surface area contributed by atoms with Gasteiger partial charge >= 0.3 is 0 Å². The molecular weight excluding hydrogens is 325 g/mol. The Morgan fingerprint density at radius 3 is 3.00 bits per heavy atom. The van der Waals surface area contributed by atoms with Gasteiger partial charge in [-0.2, -0.15) is 11.8 Å². The van der Waals surface area contributed by atoms with Gasteiger partial charge in [0.25, 0.3) is 0 Å². The minimum absolute atomic E-state index is 0. The van der Waals surface area contributed by atoms with Gasteiger partial charge in [0.15, 0.2) is 0 Å². The predicted octanol–water partition coefficient (Wildman–Crippen LogP) is 1.74. The maximum Gasteiger partial charge on any atom is 0.221 e. The van der Waals surface area contributed by atoms with E-state index in [9.17, 15) is 4.79 Å². The molecule has 0 saturated carbocycles. The number of carbonyl (C=O) groups excluding carboxylic acids is 1. The van der Waals surface area contributed by atoms with Gasteiger partial charge in [-0.05, 0) is 0 Å². The normalized spacial score (nSPS) is 18.0. The minimum Gasteiger partial charge on any atom is -0.356 e. The van der Waals surface area contributed by atoms with Crippen molar-refractivity contribution in [3.63, 3.8) is 0 Å². The summed E-state index contributed by atoms with van der Waals surface area (Å²) in [7, 11) is 0. The Bertz CT molecular complexity index is 346. The summed E-state index contributed by atoms with van der Waals surface area (Å²) in [6.45, 7) is 1.70. The number of halogens is 2. The van der Waals surface area contributed by atoms with Crippen LogP contribution in [-0.2, 0) is 11.2 Å². The van der Waals surface area contributed by atoms with E-state index in [4.69, 9.17) is 0 Å². The van der Waals surface area contributed by atoms with Crippen LogP contribution in [0.3, 0.4) is 0 Å². The molecule has 4 nitrogen and oxygen atoms in total. The lowest BCUT2D eigenvalue weighted by Gasteiger charge is -2.22. The standard InChI is InChI=1S/C11H17N3OS2.2ClH/c15-10(7-9-8-16-5-3-12-9)13-2-1-11-14-4-6-17-11;;/h4,6,9,12H,1-3,5,7-8H2,(H,13,15);2*1H. The van der Waals surface area contributed by atoms with Crippen LogP contribution in [0.5, 0.6) is 0 Å². The van der Waals surface area contributed by atoms with Crippen molar-refractivity contribution in [3.05, 3.63) is 16.6 Å². The first-order valence-corrected chi connectivity index (χ1v) is 7.84. The molecule has 0 aromatic carbocycles. The third kappa shape index (κ3) is 7.37. The van der Waals surface area contributed by atoms with E-state index in [1.165, 1.54) is 0 Å². The van der Waals surface area contributed by atoms with E-state index in [0.717, 1.165) is 29.5 Å². The molecule has 1 aromatic rings. The van der Waals surface area contributed by atoms with Gasteiger partial charge in [0.1, 0.15) is 0 Å². The fourth-order valence-corrected chi connectivity index (χ4v) is 3.30. The van der Waals surface area contributed by atoms with Crippen molar-refractivity contribution in [2.24, 2.45) is 0 Å². The molecule has 2 rings (SSSR count). The van der Waals surface area contributed by atoms with E-state index in [1.54, 1.807) is 17.5 Å². The maximum absolute atomic E-state index is 11.7. The number of carbonyl (C=O) groups is 1. The van der Waals surface area contributed by atoms with Crippen molar-refractivity contribution in [2.75, 3.05) is 24.6 Å². The van der Waals surface area contributed by atoms with E-state index in [-0.39, 0.29) is 30.7 Å². The molecule has 110 valence electrons. The third-order valence-corrected chi connectivity index (χ3v) is 4.55. The SMILES string of the molecule is Cl.Cl.O=C(CC1CSCCN1)NCCc1nccs1. The first-order chi connectivity index (χ1) is 8.34. The van der Waals surface area contributed by atoms with Gasteiger partial charge in [0, 0.05) is 55.1 Å². The zero-order chi connectivity index (χ0) is 11.9. The average Bonchev–Trinajstić information content (AvgIpc) is 2.83. The summed E-state index contributed by atoms with van der Waals surface area (Å²) in [5.74, 6) is 2.34. The Balaban J connectivity index is 0.00000162. The Kier molecular flexibility index (Phi) is 10.7. The molecule has 1 amide bonds. The van der Waals surface area contributed by atoms with Crippen LogP contribution in [0, 0.1) is 0 Å². The minimum atomic E-state index is 0. The summed E-state index contributed by atoms with van der Waals surface area (Å²) in [6, 6.07) is 0.341. The van der Waals surface area contributed by atoms with Crippen LogP contribution in [0.4, 0.5) is 0 Å². The monoisotopic (exact) mass is 343 g/mol. The number of aromatic nitrogens is 1. The largest absolute Gasteiger partial charge is 0.356 e. The van der Waals surface area contributed by atoms with Crippen LogP contribution in [0.2, 0.25) is 0 Å². The molecule has 0 bridgehead atoms. The van der Waals surface area contributed by atoms with Crippen molar-refractivity contribution in [3.8, 4) is 0 Å². The smallest absolute Gasteiger partial charge is 0.221 e. The Hall–Kier alpha value is -0.0100. The van der Waals surface area contributed by atoms with Crippen molar-refractivity contribution < 1.29 is 4.79 Å². The number of thiazole rings is 1. The van der Waals surface area contributed by atoms with Gasteiger partial charge in [-0.3, -0.25) is 4.79 Å². The van der Waals surface area contributed by atoms with E-state index < -0.39 is 0 Å². The Morgan fingerprint density at radius 2 is 2.37 bits per heavy atom. The summed E-state index contributed by atoms with van der Waals surface area (Å²) < 4.78 is 0. The molecule has 0 aliphatic carbocycles. The number of amides is 1. The molecule has 1 aliphatic heterocycles. The van der Waals surface area contributed by atoms with Crippen molar-refractivity contribution in [1.29, 1.82) is 0 Å². The van der Waals surface area contributed by atoms with Gasteiger partial charge in [-0.15, -0.1) is 36.2 Å². The zero-order valence-corrected chi connectivity index (χ0v) is 13.7. The second-order valence-electron chi connectivity index (χ2n) is 3.96. The number of nitrogens with one attached hydrogen (secondary N) is 2. The highest BCUT2D eigenvalue weighted by Gasteiger charge is 2.16. The molecule has 2 N–H and O–H groups in total. The molecule has 1 aromatic heterocycles. The summed E-state index contributed by atoms with van der Waals surface area (Å²) in [4.78, 5) is 15.8. The van der Waals surface area contributed by atoms with Crippen LogP contribution in [0.1, 0.15) is 11.4 Å². The van der Waals surface area contributed by atoms with Crippen LogP contribution in [0.25, 0.3) is 0 Å². The lowest BCUT2D eigenvalue weighted by Crippen LogP contribution is -2.41. The van der Waals surface area contributed by atoms with Crippen LogP contribution in [0.15, 0.2) is 11.6 Å². The van der Waals surface area contributed by atoms with Crippen LogP contribution >= 0.6 is 47.9 Å². The molecule has 1 saturated heterocycles.